The molecule has 2 aromatic carbocycles. The number of benzene rings is 2. The van der Waals surface area contributed by atoms with E-state index in [1.807, 2.05) is 18.2 Å². The highest BCUT2D eigenvalue weighted by molar-refractivity contribution is 5.99. The summed E-state index contributed by atoms with van der Waals surface area (Å²) in [4.78, 5) is 26.1. The number of amides is 1. The van der Waals surface area contributed by atoms with Crippen molar-refractivity contribution in [3.05, 3.63) is 60.2 Å². The number of anilines is 1. The Bertz CT molecular complexity index is 710. The fourth-order valence-corrected chi connectivity index (χ4v) is 2.57. The Morgan fingerprint density at radius 1 is 1.00 bits per heavy atom. The van der Waals surface area contributed by atoms with Gasteiger partial charge in [0.05, 0.1) is 19.8 Å². The molecule has 6 heteroatoms. The van der Waals surface area contributed by atoms with Crippen LogP contribution in [0.25, 0.3) is 0 Å². The number of ketones is 1. The van der Waals surface area contributed by atoms with Crippen molar-refractivity contribution in [2.24, 2.45) is 0 Å². The number of rotatable bonds is 5. The van der Waals surface area contributed by atoms with Gasteiger partial charge in [0.2, 0.25) is 0 Å². The van der Waals surface area contributed by atoms with Gasteiger partial charge in [-0.1, -0.05) is 18.2 Å². The van der Waals surface area contributed by atoms with E-state index < -0.39 is 6.09 Å². The van der Waals surface area contributed by atoms with Crippen LogP contribution in [0.4, 0.5) is 10.5 Å². The van der Waals surface area contributed by atoms with Gasteiger partial charge in [-0.2, -0.15) is 0 Å². The molecule has 0 aliphatic carbocycles. The molecule has 1 amide bonds. The second-order valence-corrected chi connectivity index (χ2v) is 5.63. The van der Waals surface area contributed by atoms with Crippen LogP contribution in [0, 0.1) is 0 Å². The van der Waals surface area contributed by atoms with Crippen LogP contribution in [-0.2, 0) is 4.74 Å². The summed E-state index contributed by atoms with van der Waals surface area (Å²) in [7, 11) is 0. The molecule has 2 aromatic rings. The predicted molar refractivity (Wildman–Crippen MR) is 94.3 cm³/mol. The zero-order valence-corrected chi connectivity index (χ0v) is 13.8. The first-order chi connectivity index (χ1) is 12.2. The van der Waals surface area contributed by atoms with Crippen molar-refractivity contribution in [3.8, 4) is 5.75 Å². The van der Waals surface area contributed by atoms with Crippen LogP contribution < -0.4 is 15.0 Å². The molecule has 0 bridgehead atoms. The van der Waals surface area contributed by atoms with Gasteiger partial charge in [0.1, 0.15) is 5.75 Å². The highest BCUT2D eigenvalue weighted by Gasteiger charge is 2.13. The number of morpholine rings is 1. The van der Waals surface area contributed by atoms with Crippen molar-refractivity contribution in [2.75, 3.05) is 37.7 Å². The van der Waals surface area contributed by atoms with E-state index in [2.05, 4.69) is 10.2 Å². The number of nitrogens with one attached hydrogen (secondary N) is 1. The third-order valence-electron chi connectivity index (χ3n) is 3.91. The Morgan fingerprint density at radius 3 is 2.36 bits per heavy atom. The quantitative estimate of drug-likeness (QED) is 0.847. The number of carbonyl (C=O) groups is 2. The molecular formula is C19H20N2O4. The highest BCUT2D eigenvalue weighted by Crippen LogP contribution is 2.17. The van der Waals surface area contributed by atoms with E-state index in [4.69, 9.17) is 9.47 Å². The summed E-state index contributed by atoms with van der Waals surface area (Å²) in [6.07, 6.45) is -0.649. The lowest BCUT2D eigenvalue weighted by molar-refractivity contribution is 0.0988. The van der Waals surface area contributed by atoms with Crippen LogP contribution in [0.15, 0.2) is 54.6 Å². The lowest BCUT2D eigenvalue weighted by Gasteiger charge is -2.28. The van der Waals surface area contributed by atoms with Gasteiger partial charge in [0.15, 0.2) is 5.78 Å². The molecule has 6 nitrogen and oxygen atoms in total. The van der Waals surface area contributed by atoms with E-state index in [0.717, 1.165) is 18.8 Å². The number of para-hydroxylation sites is 1. The van der Waals surface area contributed by atoms with Crippen LogP contribution >= 0.6 is 0 Å². The van der Waals surface area contributed by atoms with Crippen LogP contribution in [0.1, 0.15) is 10.4 Å². The van der Waals surface area contributed by atoms with E-state index in [1.165, 1.54) is 0 Å². The molecule has 130 valence electrons. The maximum atomic E-state index is 12.2. The molecule has 1 fully saturated rings. The first-order valence-electron chi connectivity index (χ1n) is 8.19. The monoisotopic (exact) mass is 340 g/mol. The van der Waals surface area contributed by atoms with Crippen molar-refractivity contribution in [1.29, 1.82) is 0 Å². The third kappa shape index (κ3) is 4.81. The van der Waals surface area contributed by atoms with E-state index in [9.17, 15) is 9.59 Å². The summed E-state index contributed by atoms with van der Waals surface area (Å²) in [6, 6.07) is 16.1. The highest BCUT2D eigenvalue weighted by atomic mass is 16.6. The van der Waals surface area contributed by atoms with Gasteiger partial charge in [-0.25, -0.2) is 4.79 Å². The average molecular weight is 340 g/mol. The van der Waals surface area contributed by atoms with E-state index >= 15 is 0 Å². The summed E-state index contributed by atoms with van der Waals surface area (Å²) in [5, 5.41) is 2.47. The first kappa shape index (κ1) is 17.0. The van der Waals surface area contributed by atoms with Crippen LogP contribution in [0.2, 0.25) is 0 Å². The van der Waals surface area contributed by atoms with Crippen molar-refractivity contribution < 1.29 is 19.1 Å². The van der Waals surface area contributed by atoms with Crippen LogP contribution in [0.3, 0.4) is 0 Å². The molecule has 3 rings (SSSR count). The Balaban J connectivity index is 1.50. The zero-order valence-electron chi connectivity index (χ0n) is 13.8. The topological polar surface area (TPSA) is 67.9 Å². The minimum atomic E-state index is -0.649. The molecule has 0 atom stereocenters. The Labute approximate surface area is 146 Å². The number of nitrogens with zero attached hydrogens (tertiary/aromatic N) is 1. The molecule has 0 radical (unpaired) electrons. The van der Waals surface area contributed by atoms with Crippen LogP contribution in [-0.4, -0.2) is 44.7 Å². The molecule has 1 saturated heterocycles. The van der Waals surface area contributed by atoms with Crippen molar-refractivity contribution >= 4 is 17.6 Å². The maximum Gasteiger partial charge on any atom is 0.412 e. The van der Waals surface area contributed by atoms with Gasteiger partial charge in [-0.3, -0.25) is 4.79 Å². The molecular weight excluding hydrogens is 320 g/mol. The summed E-state index contributed by atoms with van der Waals surface area (Å²) >= 11 is 0. The Hall–Kier alpha value is -2.86. The standard InChI is InChI=1S/C19H20N2O4/c22-18(14-20-19(23)25-17-4-2-1-3-5-17)15-6-8-16(9-7-15)21-10-12-24-13-11-21/h1-9H,10-14H2,(H,20,23). The lowest BCUT2D eigenvalue weighted by atomic mass is 10.1. The summed E-state index contributed by atoms with van der Waals surface area (Å²) < 4.78 is 10.4. The van der Waals surface area contributed by atoms with Gasteiger partial charge in [-0.15, -0.1) is 0 Å². The fourth-order valence-electron chi connectivity index (χ4n) is 2.57. The number of carbonyl (C=O) groups excluding carboxylic acids is 2. The average Bonchev–Trinajstić information content (AvgIpc) is 2.68. The lowest BCUT2D eigenvalue weighted by Crippen LogP contribution is -2.36. The molecule has 1 aliphatic rings. The first-order valence-corrected chi connectivity index (χ1v) is 8.19. The molecule has 1 heterocycles. The summed E-state index contributed by atoms with van der Waals surface area (Å²) in [5.74, 6) is 0.265. The number of hydrogen-bond donors (Lipinski definition) is 1. The largest absolute Gasteiger partial charge is 0.412 e. The number of ether oxygens (including phenoxy) is 2. The zero-order chi connectivity index (χ0) is 17.5. The fraction of sp³-hybridized carbons (Fsp3) is 0.263. The Kier molecular flexibility index (Phi) is 5.64. The molecule has 1 N–H and O–H groups in total. The van der Waals surface area contributed by atoms with Gasteiger partial charge in [-0.05, 0) is 36.4 Å². The molecule has 0 spiro atoms. The van der Waals surface area contributed by atoms with Crippen molar-refractivity contribution in [3.63, 3.8) is 0 Å². The summed E-state index contributed by atoms with van der Waals surface area (Å²) in [6.45, 7) is 3.02. The maximum absolute atomic E-state index is 12.2. The second kappa shape index (κ2) is 8.30. The van der Waals surface area contributed by atoms with Crippen molar-refractivity contribution in [1.82, 2.24) is 5.32 Å². The van der Waals surface area contributed by atoms with Gasteiger partial charge < -0.3 is 19.7 Å². The van der Waals surface area contributed by atoms with Crippen molar-refractivity contribution in [2.45, 2.75) is 0 Å². The Morgan fingerprint density at radius 2 is 1.68 bits per heavy atom. The molecule has 0 aromatic heterocycles. The number of Topliss-reactive ketones (excluding diaryl/α,β-unsaturated/α-hetero) is 1. The molecule has 1 aliphatic heterocycles. The predicted octanol–water partition coefficient (Wildman–Crippen LogP) is 2.49. The number of hydrogen-bond acceptors (Lipinski definition) is 5. The normalized spacial score (nSPS) is 14.0. The van der Waals surface area contributed by atoms with Gasteiger partial charge in [0, 0.05) is 24.3 Å². The van der Waals surface area contributed by atoms with E-state index in [0.29, 0.717) is 24.5 Å². The van der Waals surface area contributed by atoms with Gasteiger partial charge >= 0.3 is 6.09 Å². The third-order valence-corrected chi connectivity index (χ3v) is 3.91. The minimum Gasteiger partial charge on any atom is -0.410 e. The molecule has 25 heavy (non-hydrogen) atoms. The van der Waals surface area contributed by atoms with Gasteiger partial charge in [0.25, 0.3) is 0 Å². The smallest absolute Gasteiger partial charge is 0.410 e. The SMILES string of the molecule is O=C(NCC(=O)c1ccc(N2CCOCC2)cc1)Oc1ccccc1. The van der Waals surface area contributed by atoms with Crippen LogP contribution in [0.5, 0.6) is 5.75 Å². The minimum absolute atomic E-state index is 0.109. The van der Waals surface area contributed by atoms with E-state index in [-0.39, 0.29) is 12.3 Å². The summed E-state index contributed by atoms with van der Waals surface area (Å²) in [5.41, 5.74) is 1.62. The molecule has 0 saturated carbocycles. The second-order valence-electron chi connectivity index (χ2n) is 5.63. The van der Waals surface area contributed by atoms with E-state index in [1.54, 1.807) is 36.4 Å². The molecule has 0 unspecified atom stereocenters.